The van der Waals surface area contributed by atoms with Gasteiger partial charge in [-0.1, -0.05) is 0 Å². The number of hydrogen-bond acceptors (Lipinski definition) is 5. The highest BCUT2D eigenvalue weighted by Gasteiger charge is 2.16. The molecule has 0 saturated heterocycles. The van der Waals surface area contributed by atoms with Crippen LogP contribution in [0.2, 0.25) is 0 Å². The first-order valence-corrected chi connectivity index (χ1v) is 6.26. The Labute approximate surface area is 109 Å². The van der Waals surface area contributed by atoms with E-state index in [9.17, 15) is 0 Å². The van der Waals surface area contributed by atoms with Crippen LogP contribution in [0.3, 0.4) is 0 Å². The minimum atomic E-state index is 0.778. The van der Waals surface area contributed by atoms with Crippen LogP contribution >= 0.6 is 0 Å². The third kappa shape index (κ3) is 1.68. The fourth-order valence-corrected chi connectivity index (χ4v) is 2.41. The first kappa shape index (κ1) is 10.6. The summed E-state index contributed by atoms with van der Waals surface area (Å²) in [6.07, 6.45) is 3.40. The zero-order valence-electron chi connectivity index (χ0n) is 10.2. The molecular formula is C13H12N6. The van der Waals surface area contributed by atoms with Gasteiger partial charge >= 0.3 is 0 Å². The highest BCUT2D eigenvalue weighted by Crippen LogP contribution is 2.22. The SMILES string of the molecule is c1cnc2cc(-c3nnc4n3CCNC4)ccc2n1. The van der Waals surface area contributed by atoms with Crippen molar-refractivity contribution in [3.8, 4) is 11.4 Å². The van der Waals surface area contributed by atoms with E-state index in [0.29, 0.717) is 0 Å². The maximum atomic E-state index is 4.33. The molecule has 1 aliphatic heterocycles. The molecule has 1 N–H and O–H groups in total. The summed E-state index contributed by atoms with van der Waals surface area (Å²) >= 11 is 0. The molecule has 4 rings (SSSR count). The molecule has 6 nitrogen and oxygen atoms in total. The topological polar surface area (TPSA) is 68.5 Å². The lowest BCUT2D eigenvalue weighted by atomic mass is 10.1. The number of nitrogens with zero attached hydrogens (tertiary/aromatic N) is 5. The average Bonchev–Trinajstić information content (AvgIpc) is 2.91. The third-order valence-electron chi connectivity index (χ3n) is 3.35. The van der Waals surface area contributed by atoms with Crippen molar-refractivity contribution in [2.24, 2.45) is 0 Å². The van der Waals surface area contributed by atoms with Crippen LogP contribution < -0.4 is 5.32 Å². The summed E-state index contributed by atoms with van der Waals surface area (Å²) in [5, 5.41) is 11.8. The minimum Gasteiger partial charge on any atom is -0.309 e. The van der Waals surface area contributed by atoms with E-state index in [1.165, 1.54) is 0 Å². The molecule has 3 heterocycles. The Morgan fingerprint density at radius 3 is 2.89 bits per heavy atom. The number of benzene rings is 1. The quantitative estimate of drug-likeness (QED) is 0.699. The van der Waals surface area contributed by atoms with E-state index in [-0.39, 0.29) is 0 Å². The lowest BCUT2D eigenvalue weighted by Gasteiger charge is -2.16. The minimum absolute atomic E-state index is 0.778. The summed E-state index contributed by atoms with van der Waals surface area (Å²) in [6.45, 7) is 2.63. The number of nitrogens with one attached hydrogen (secondary N) is 1. The molecule has 0 spiro atoms. The Bertz CT molecular complexity index is 748. The van der Waals surface area contributed by atoms with Gasteiger partial charge in [-0.3, -0.25) is 9.97 Å². The van der Waals surface area contributed by atoms with Crippen molar-refractivity contribution in [1.29, 1.82) is 0 Å². The predicted molar refractivity (Wildman–Crippen MR) is 70.3 cm³/mol. The summed E-state index contributed by atoms with van der Waals surface area (Å²) in [6, 6.07) is 6.01. The van der Waals surface area contributed by atoms with Crippen molar-refractivity contribution in [3.63, 3.8) is 0 Å². The molecule has 19 heavy (non-hydrogen) atoms. The summed E-state index contributed by atoms with van der Waals surface area (Å²) in [7, 11) is 0. The molecule has 0 aliphatic carbocycles. The molecule has 1 aliphatic rings. The van der Waals surface area contributed by atoms with E-state index < -0.39 is 0 Å². The Morgan fingerprint density at radius 2 is 1.95 bits per heavy atom. The fraction of sp³-hybridized carbons (Fsp3) is 0.231. The molecule has 0 bridgehead atoms. The van der Waals surface area contributed by atoms with Crippen LogP contribution in [0.25, 0.3) is 22.4 Å². The van der Waals surface area contributed by atoms with Gasteiger partial charge in [0.15, 0.2) is 5.82 Å². The van der Waals surface area contributed by atoms with Crippen molar-refractivity contribution in [3.05, 3.63) is 36.4 Å². The van der Waals surface area contributed by atoms with E-state index in [4.69, 9.17) is 0 Å². The summed E-state index contributed by atoms with van der Waals surface area (Å²) in [5.74, 6) is 1.89. The van der Waals surface area contributed by atoms with Gasteiger partial charge in [0.25, 0.3) is 0 Å². The number of rotatable bonds is 1. The molecule has 1 aromatic carbocycles. The normalized spacial score (nSPS) is 14.5. The maximum absolute atomic E-state index is 4.33. The van der Waals surface area contributed by atoms with Crippen LogP contribution in [0, 0.1) is 0 Å². The number of aromatic nitrogens is 5. The van der Waals surface area contributed by atoms with Crippen molar-refractivity contribution < 1.29 is 0 Å². The van der Waals surface area contributed by atoms with Crippen molar-refractivity contribution in [2.75, 3.05) is 6.54 Å². The first-order valence-electron chi connectivity index (χ1n) is 6.26. The van der Waals surface area contributed by atoms with Crippen molar-refractivity contribution >= 4 is 11.0 Å². The number of fused-ring (bicyclic) bond motifs is 2. The summed E-state index contributed by atoms with van der Waals surface area (Å²) in [4.78, 5) is 8.61. The van der Waals surface area contributed by atoms with E-state index in [1.54, 1.807) is 12.4 Å². The van der Waals surface area contributed by atoms with Gasteiger partial charge in [0.2, 0.25) is 0 Å². The van der Waals surface area contributed by atoms with Gasteiger partial charge in [-0.15, -0.1) is 10.2 Å². The zero-order valence-corrected chi connectivity index (χ0v) is 10.2. The van der Waals surface area contributed by atoms with Crippen LogP contribution in [0.5, 0.6) is 0 Å². The first-order chi connectivity index (χ1) is 9.42. The van der Waals surface area contributed by atoms with Gasteiger partial charge in [-0.25, -0.2) is 0 Å². The van der Waals surface area contributed by atoms with Crippen LogP contribution in [-0.4, -0.2) is 31.3 Å². The van der Waals surface area contributed by atoms with E-state index in [2.05, 4.69) is 30.0 Å². The van der Waals surface area contributed by atoms with Crippen LogP contribution in [0.15, 0.2) is 30.6 Å². The zero-order chi connectivity index (χ0) is 12.7. The van der Waals surface area contributed by atoms with E-state index >= 15 is 0 Å². The second-order valence-corrected chi connectivity index (χ2v) is 4.53. The molecule has 0 radical (unpaired) electrons. The van der Waals surface area contributed by atoms with E-state index in [1.807, 2.05) is 18.2 Å². The maximum Gasteiger partial charge on any atom is 0.164 e. The molecule has 0 saturated carbocycles. The molecule has 0 atom stereocenters. The highest BCUT2D eigenvalue weighted by atomic mass is 15.3. The molecule has 0 amide bonds. The van der Waals surface area contributed by atoms with Gasteiger partial charge < -0.3 is 9.88 Å². The lowest BCUT2D eigenvalue weighted by Crippen LogP contribution is -2.28. The third-order valence-corrected chi connectivity index (χ3v) is 3.35. The molecule has 0 fully saturated rings. The van der Waals surface area contributed by atoms with Gasteiger partial charge in [-0.2, -0.15) is 0 Å². The molecule has 6 heteroatoms. The Balaban J connectivity index is 1.88. The Kier molecular flexibility index (Phi) is 2.28. The van der Waals surface area contributed by atoms with Crippen molar-refractivity contribution in [2.45, 2.75) is 13.1 Å². The summed E-state index contributed by atoms with van der Waals surface area (Å²) < 4.78 is 2.16. The average molecular weight is 252 g/mol. The second kappa shape index (κ2) is 4.10. The Morgan fingerprint density at radius 1 is 1.05 bits per heavy atom. The molecule has 2 aromatic heterocycles. The van der Waals surface area contributed by atoms with Crippen LogP contribution in [0.4, 0.5) is 0 Å². The van der Waals surface area contributed by atoms with Crippen LogP contribution in [-0.2, 0) is 13.1 Å². The number of hydrogen-bond donors (Lipinski definition) is 1. The standard InChI is InChI=1S/C13H12N6/c1-2-10-11(16-4-3-15-10)7-9(1)13-18-17-12-8-14-5-6-19(12)13/h1-4,7,14H,5-6,8H2. The largest absolute Gasteiger partial charge is 0.309 e. The predicted octanol–water partition coefficient (Wildman–Crippen LogP) is 0.991. The Hall–Kier alpha value is -2.34. The van der Waals surface area contributed by atoms with Crippen molar-refractivity contribution in [1.82, 2.24) is 30.0 Å². The van der Waals surface area contributed by atoms with E-state index in [0.717, 1.165) is 47.9 Å². The smallest absolute Gasteiger partial charge is 0.164 e. The summed E-state index contributed by atoms with van der Waals surface area (Å²) in [5.41, 5.74) is 2.81. The molecule has 3 aromatic rings. The second-order valence-electron chi connectivity index (χ2n) is 4.53. The fourth-order valence-electron chi connectivity index (χ4n) is 2.41. The van der Waals surface area contributed by atoms with Gasteiger partial charge in [0.05, 0.1) is 17.6 Å². The van der Waals surface area contributed by atoms with Gasteiger partial charge in [0.1, 0.15) is 5.82 Å². The molecular weight excluding hydrogens is 240 g/mol. The molecule has 94 valence electrons. The molecule has 0 unspecified atom stereocenters. The lowest BCUT2D eigenvalue weighted by molar-refractivity contribution is 0.508. The van der Waals surface area contributed by atoms with Gasteiger partial charge in [-0.05, 0) is 18.2 Å². The monoisotopic (exact) mass is 252 g/mol. The highest BCUT2D eigenvalue weighted by molar-refractivity contribution is 5.79. The van der Waals surface area contributed by atoms with Gasteiger partial charge in [0, 0.05) is 31.0 Å². The van der Waals surface area contributed by atoms with Crippen LogP contribution in [0.1, 0.15) is 5.82 Å².